The van der Waals surface area contributed by atoms with Crippen LogP contribution in [0.4, 0.5) is 5.69 Å². The summed E-state index contributed by atoms with van der Waals surface area (Å²) in [4.78, 5) is 55.9. The number of methoxy groups -OCH3 is 2. The van der Waals surface area contributed by atoms with Gasteiger partial charge in [-0.1, -0.05) is 11.6 Å². The molecular weight excluding hydrogens is 356 g/mol. The van der Waals surface area contributed by atoms with Crippen molar-refractivity contribution in [1.29, 1.82) is 0 Å². The number of hydroxylamine groups is 1. The molecule has 1 aromatic rings. The summed E-state index contributed by atoms with van der Waals surface area (Å²) in [7, 11) is 2.08. The second kappa shape index (κ2) is 6.10. The van der Waals surface area contributed by atoms with Crippen molar-refractivity contribution in [3.63, 3.8) is 0 Å². The van der Waals surface area contributed by atoms with E-state index >= 15 is 0 Å². The number of ether oxygens (including phenoxy) is 2. The summed E-state index contributed by atoms with van der Waals surface area (Å²) in [5.41, 5.74) is 0.152. The minimum absolute atomic E-state index is 0.237. The zero-order chi connectivity index (χ0) is 18.4. The number of nitrogens with one attached hydrogen (secondary N) is 1. The highest BCUT2D eigenvalue weighted by Gasteiger charge is 2.71. The summed E-state index contributed by atoms with van der Waals surface area (Å²) >= 11 is 5.81. The van der Waals surface area contributed by atoms with Crippen molar-refractivity contribution in [1.82, 2.24) is 5.48 Å². The van der Waals surface area contributed by atoms with Crippen molar-refractivity contribution in [3.05, 3.63) is 29.3 Å². The van der Waals surface area contributed by atoms with Crippen LogP contribution in [0.15, 0.2) is 24.3 Å². The van der Waals surface area contributed by atoms with Gasteiger partial charge in [-0.3, -0.25) is 14.4 Å². The normalized spacial score (nSPS) is 24.2. The number of rotatable bonds is 3. The van der Waals surface area contributed by atoms with E-state index in [4.69, 9.17) is 16.4 Å². The van der Waals surface area contributed by atoms with Crippen LogP contribution in [0.3, 0.4) is 0 Å². The third kappa shape index (κ3) is 2.31. The molecule has 2 aliphatic rings. The highest BCUT2D eigenvalue weighted by molar-refractivity contribution is 6.31. The van der Waals surface area contributed by atoms with E-state index in [1.807, 2.05) is 0 Å². The van der Waals surface area contributed by atoms with Crippen molar-refractivity contribution >= 4 is 41.0 Å². The van der Waals surface area contributed by atoms with Gasteiger partial charge >= 0.3 is 11.9 Å². The Morgan fingerprint density at radius 1 is 1.12 bits per heavy atom. The van der Waals surface area contributed by atoms with Gasteiger partial charge in [-0.2, -0.15) is 5.48 Å². The predicted octanol–water partition coefficient (Wildman–Crippen LogP) is -0.182. The molecule has 0 aromatic heterocycles. The molecule has 2 atom stereocenters. The average molecular weight is 369 g/mol. The van der Waals surface area contributed by atoms with Gasteiger partial charge in [0.1, 0.15) is 5.92 Å². The smallest absolute Gasteiger partial charge is 0.341 e. The maximum Gasteiger partial charge on any atom is 0.341 e. The Bertz CT molecular complexity index is 748. The number of anilines is 1. The number of carbonyl (C=O) groups excluding carboxylic acids is 4. The number of hydrogen-bond donors (Lipinski definition) is 1. The number of carbonyl (C=O) groups is 4. The van der Waals surface area contributed by atoms with Crippen molar-refractivity contribution in [2.24, 2.45) is 5.92 Å². The SMILES string of the molecule is COC(=O)C1(C(=O)OC)NO[C@H]2C(=O)N(c3ccc(Cl)cc3)C(=O)[C@@H]21. The number of halogens is 1. The quantitative estimate of drug-likeness (QED) is 0.444. The lowest BCUT2D eigenvalue weighted by atomic mass is 9.82. The first-order valence-electron chi connectivity index (χ1n) is 7.11. The molecule has 0 bridgehead atoms. The molecular formula is C15H13ClN2O7. The van der Waals surface area contributed by atoms with Gasteiger partial charge in [0.05, 0.1) is 19.9 Å². The van der Waals surface area contributed by atoms with Crippen molar-refractivity contribution in [2.45, 2.75) is 11.6 Å². The van der Waals surface area contributed by atoms with Gasteiger partial charge in [0.25, 0.3) is 11.4 Å². The molecule has 2 fully saturated rings. The standard InChI is InChI=1S/C15H13ClN2O7/c1-23-13(21)15(14(22)24-2)9-10(25-17-15)12(20)18(11(9)19)8-5-3-7(16)4-6-8/h3-6,9-10,17H,1-2H3/t9-,10-/m1/s1. The molecule has 2 amide bonds. The second-order valence-corrected chi connectivity index (χ2v) is 5.83. The Morgan fingerprint density at radius 2 is 1.68 bits per heavy atom. The lowest BCUT2D eigenvalue weighted by molar-refractivity contribution is -0.169. The van der Waals surface area contributed by atoms with Gasteiger partial charge in [0.2, 0.25) is 5.91 Å². The molecule has 2 aliphatic heterocycles. The second-order valence-electron chi connectivity index (χ2n) is 5.40. The monoisotopic (exact) mass is 368 g/mol. The van der Waals surface area contributed by atoms with Crippen molar-refractivity contribution in [2.75, 3.05) is 19.1 Å². The first-order chi connectivity index (χ1) is 11.9. The maximum absolute atomic E-state index is 12.9. The zero-order valence-electron chi connectivity index (χ0n) is 13.1. The van der Waals surface area contributed by atoms with E-state index in [0.29, 0.717) is 5.02 Å². The summed E-state index contributed by atoms with van der Waals surface area (Å²) in [5, 5.41) is 0.416. The Labute approximate surface area is 146 Å². The molecule has 2 heterocycles. The van der Waals surface area contributed by atoms with Gasteiger partial charge in [-0.15, -0.1) is 0 Å². The summed E-state index contributed by atoms with van der Waals surface area (Å²) in [6.07, 6.45) is -1.37. The average Bonchev–Trinajstić information content (AvgIpc) is 3.13. The first-order valence-corrected chi connectivity index (χ1v) is 7.49. The number of benzene rings is 1. The van der Waals surface area contributed by atoms with Gasteiger partial charge in [0.15, 0.2) is 6.10 Å². The van der Waals surface area contributed by atoms with Crippen molar-refractivity contribution in [3.8, 4) is 0 Å². The topological polar surface area (TPSA) is 111 Å². The van der Waals surface area contributed by atoms with Crippen LogP contribution in [0.25, 0.3) is 0 Å². The third-order valence-corrected chi connectivity index (χ3v) is 4.42. The Balaban J connectivity index is 2.06. The van der Waals surface area contributed by atoms with Crippen LogP contribution in [-0.2, 0) is 33.5 Å². The molecule has 0 saturated carbocycles. The zero-order valence-corrected chi connectivity index (χ0v) is 13.9. The Kier molecular flexibility index (Phi) is 4.23. The van der Waals surface area contributed by atoms with Crippen LogP contribution in [0.2, 0.25) is 5.02 Å². The van der Waals surface area contributed by atoms with Crippen molar-refractivity contribution < 1.29 is 33.5 Å². The molecule has 9 nitrogen and oxygen atoms in total. The van der Waals surface area contributed by atoms with Gasteiger partial charge in [0, 0.05) is 5.02 Å². The molecule has 10 heteroatoms. The summed E-state index contributed by atoms with van der Waals surface area (Å²) < 4.78 is 9.25. The van der Waals surface area contributed by atoms with Crippen LogP contribution < -0.4 is 10.4 Å². The minimum Gasteiger partial charge on any atom is -0.467 e. The molecule has 0 unspecified atom stereocenters. The summed E-state index contributed by atoms with van der Waals surface area (Å²) in [6.45, 7) is 0. The summed E-state index contributed by atoms with van der Waals surface area (Å²) in [6, 6.07) is 5.92. The van der Waals surface area contributed by atoms with E-state index in [0.717, 1.165) is 19.1 Å². The number of fused-ring (bicyclic) bond motifs is 1. The number of hydrogen-bond acceptors (Lipinski definition) is 8. The molecule has 2 saturated heterocycles. The summed E-state index contributed by atoms with van der Waals surface area (Å²) in [5.74, 6) is -5.16. The molecule has 25 heavy (non-hydrogen) atoms. The van der Waals surface area contributed by atoms with Crippen LogP contribution in [0, 0.1) is 5.92 Å². The van der Waals surface area contributed by atoms with E-state index in [1.165, 1.54) is 24.3 Å². The van der Waals surface area contributed by atoms with E-state index < -0.39 is 41.3 Å². The van der Waals surface area contributed by atoms with Crippen LogP contribution >= 0.6 is 11.6 Å². The molecule has 0 aliphatic carbocycles. The Hall–Kier alpha value is -2.49. The Morgan fingerprint density at radius 3 is 2.20 bits per heavy atom. The van der Waals surface area contributed by atoms with E-state index in [-0.39, 0.29) is 5.69 Å². The fraction of sp³-hybridized carbons (Fsp3) is 0.333. The van der Waals surface area contributed by atoms with Crippen LogP contribution in [0.1, 0.15) is 0 Å². The van der Waals surface area contributed by atoms with Crippen LogP contribution in [0.5, 0.6) is 0 Å². The number of imide groups is 1. The van der Waals surface area contributed by atoms with Gasteiger partial charge < -0.3 is 9.47 Å². The highest BCUT2D eigenvalue weighted by atomic mass is 35.5. The lowest BCUT2D eigenvalue weighted by Crippen LogP contribution is -2.61. The lowest BCUT2D eigenvalue weighted by Gasteiger charge is -2.26. The number of nitrogens with zero attached hydrogens (tertiary/aromatic N) is 1. The van der Waals surface area contributed by atoms with E-state index in [2.05, 4.69) is 15.0 Å². The molecule has 1 aromatic carbocycles. The molecule has 0 spiro atoms. The fourth-order valence-electron chi connectivity index (χ4n) is 2.98. The molecule has 1 N–H and O–H groups in total. The van der Waals surface area contributed by atoms with E-state index in [9.17, 15) is 19.2 Å². The first kappa shape index (κ1) is 17.3. The third-order valence-electron chi connectivity index (χ3n) is 4.17. The van der Waals surface area contributed by atoms with Gasteiger partial charge in [-0.05, 0) is 24.3 Å². The van der Waals surface area contributed by atoms with Gasteiger partial charge in [-0.25, -0.2) is 14.5 Å². The van der Waals surface area contributed by atoms with Crippen LogP contribution in [-0.4, -0.2) is 49.6 Å². The molecule has 3 rings (SSSR count). The van der Waals surface area contributed by atoms with E-state index in [1.54, 1.807) is 0 Å². The fourth-order valence-corrected chi connectivity index (χ4v) is 3.11. The number of esters is 2. The largest absolute Gasteiger partial charge is 0.467 e. The number of amides is 2. The predicted molar refractivity (Wildman–Crippen MR) is 82.2 cm³/mol. The molecule has 0 radical (unpaired) electrons. The highest BCUT2D eigenvalue weighted by Crippen LogP contribution is 2.40. The maximum atomic E-state index is 12.9. The minimum atomic E-state index is -2.26. The molecule has 132 valence electrons.